The summed E-state index contributed by atoms with van der Waals surface area (Å²) in [6.45, 7) is 6.91. The molecule has 150 valence electrons. The number of thiazole rings is 1. The van der Waals surface area contributed by atoms with Crippen molar-refractivity contribution >= 4 is 30.0 Å². The maximum atomic E-state index is 5.52. The van der Waals surface area contributed by atoms with Crippen LogP contribution in [0.25, 0.3) is 0 Å². The molecule has 1 unspecified atom stereocenters. The third-order valence-electron chi connectivity index (χ3n) is 6.62. The molecule has 5 nitrogen and oxygen atoms in total. The van der Waals surface area contributed by atoms with Crippen molar-refractivity contribution in [1.29, 1.82) is 0 Å². The molecule has 0 bridgehead atoms. The molecule has 0 radical (unpaired) electrons. The van der Waals surface area contributed by atoms with Crippen LogP contribution in [0.2, 0.25) is 0 Å². The zero-order chi connectivity index (χ0) is 19.1. The predicted molar refractivity (Wildman–Crippen MR) is 117 cm³/mol. The molecule has 2 aliphatic heterocycles. The number of aryl methyl sites for hydroxylation is 1. The third-order valence-corrected chi connectivity index (χ3v) is 7.76. The second-order valence-electron chi connectivity index (χ2n) is 8.26. The number of anilines is 1. The second-order valence-corrected chi connectivity index (χ2v) is 9.81. The van der Waals surface area contributed by atoms with E-state index >= 15 is 0 Å². The molecule has 1 saturated heterocycles. The molecule has 0 spiro atoms. The summed E-state index contributed by atoms with van der Waals surface area (Å²) < 4.78 is 7.50. The number of morpholine rings is 1. The lowest BCUT2D eigenvalue weighted by Gasteiger charge is -2.38. The van der Waals surface area contributed by atoms with Crippen LogP contribution in [0, 0.1) is 6.92 Å². The third kappa shape index (κ3) is 3.58. The molecule has 5 rings (SSSR count). The van der Waals surface area contributed by atoms with Crippen LogP contribution in [0.1, 0.15) is 59.3 Å². The van der Waals surface area contributed by atoms with Gasteiger partial charge in [-0.1, -0.05) is 12.8 Å². The highest BCUT2D eigenvalue weighted by atomic mass is 32.1. The van der Waals surface area contributed by atoms with Crippen LogP contribution in [0.3, 0.4) is 0 Å². The first-order valence-corrected chi connectivity index (χ1v) is 11.7. The predicted octanol–water partition coefficient (Wildman–Crippen LogP) is 4.00. The Bertz CT molecular complexity index is 828. The Hall–Kier alpha value is -1.15. The number of aromatic nitrogens is 2. The van der Waals surface area contributed by atoms with Crippen molar-refractivity contribution in [2.75, 3.05) is 37.2 Å². The fourth-order valence-electron chi connectivity index (χ4n) is 5.05. The number of hydrogen-bond acceptors (Lipinski definition) is 7. The molecule has 1 aliphatic carbocycles. The van der Waals surface area contributed by atoms with E-state index in [-0.39, 0.29) is 5.92 Å². The lowest BCUT2D eigenvalue weighted by Crippen LogP contribution is -2.44. The highest BCUT2D eigenvalue weighted by Crippen LogP contribution is 2.43. The van der Waals surface area contributed by atoms with E-state index in [0.29, 0.717) is 5.92 Å². The molecule has 0 N–H and O–H groups in total. The summed E-state index contributed by atoms with van der Waals surface area (Å²) in [6.07, 6.45) is 7.18. The van der Waals surface area contributed by atoms with Crippen molar-refractivity contribution in [3.8, 4) is 0 Å². The summed E-state index contributed by atoms with van der Waals surface area (Å²) in [5.74, 6) is 1.92. The van der Waals surface area contributed by atoms with Crippen LogP contribution < -0.4 is 4.31 Å². The number of nitrogens with zero attached hydrogens (tertiary/aromatic N) is 4. The zero-order valence-corrected chi connectivity index (χ0v) is 18.1. The van der Waals surface area contributed by atoms with E-state index in [1.165, 1.54) is 36.8 Å². The number of thiol groups is 1. The molecule has 1 atom stereocenters. The standard InChI is InChI=1S/C21H28N4OS2/c1-14-23-20(13-28-14)19-12-25(27)21-18(19)10-16(11-22-21)15-2-4-17(5-3-15)24-6-8-26-9-7-24/h10-11,13,15,17,19,27H,2-9,12H2,1H3. The van der Waals surface area contributed by atoms with Gasteiger partial charge in [0.25, 0.3) is 0 Å². The SMILES string of the molecule is Cc1nc(C2CN(S)c3ncc(C4CCC(N5CCOCC5)CC4)cc32)cs1. The van der Waals surface area contributed by atoms with Crippen LogP contribution >= 0.6 is 24.2 Å². The summed E-state index contributed by atoms with van der Waals surface area (Å²) in [6, 6.07) is 3.14. The molecule has 0 aromatic carbocycles. The summed E-state index contributed by atoms with van der Waals surface area (Å²) in [7, 11) is 0. The van der Waals surface area contributed by atoms with Gasteiger partial charge in [-0.25, -0.2) is 9.97 Å². The topological polar surface area (TPSA) is 41.5 Å². The van der Waals surface area contributed by atoms with Crippen LogP contribution in [-0.4, -0.2) is 53.8 Å². The van der Waals surface area contributed by atoms with Gasteiger partial charge in [0, 0.05) is 48.7 Å². The fourth-order valence-corrected chi connectivity index (χ4v) is 6.05. The second kappa shape index (κ2) is 7.94. The smallest absolute Gasteiger partial charge is 0.142 e. The van der Waals surface area contributed by atoms with Gasteiger partial charge in [0.1, 0.15) is 5.82 Å². The Morgan fingerprint density at radius 1 is 1.18 bits per heavy atom. The largest absolute Gasteiger partial charge is 0.379 e. The molecule has 2 aromatic rings. The van der Waals surface area contributed by atoms with Gasteiger partial charge in [0.2, 0.25) is 0 Å². The van der Waals surface area contributed by atoms with E-state index in [2.05, 4.69) is 42.3 Å². The number of ether oxygens (including phenoxy) is 1. The van der Waals surface area contributed by atoms with E-state index in [1.807, 2.05) is 4.31 Å². The van der Waals surface area contributed by atoms with Gasteiger partial charge in [0.15, 0.2) is 0 Å². The molecule has 7 heteroatoms. The van der Waals surface area contributed by atoms with Gasteiger partial charge in [-0.3, -0.25) is 4.90 Å². The van der Waals surface area contributed by atoms with Crippen LogP contribution in [0.4, 0.5) is 5.82 Å². The lowest BCUT2D eigenvalue weighted by molar-refractivity contribution is 0.00729. The Morgan fingerprint density at radius 2 is 1.96 bits per heavy atom. The Morgan fingerprint density at radius 3 is 2.68 bits per heavy atom. The maximum absolute atomic E-state index is 5.52. The number of hydrogen-bond donors (Lipinski definition) is 1. The van der Waals surface area contributed by atoms with Gasteiger partial charge in [0.05, 0.1) is 23.9 Å². The van der Waals surface area contributed by atoms with Crippen molar-refractivity contribution in [3.05, 3.63) is 39.5 Å². The molecule has 2 aromatic heterocycles. The van der Waals surface area contributed by atoms with Crippen molar-refractivity contribution < 1.29 is 4.74 Å². The van der Waals surface area contributed by atoms with E-state index in [0.717, 1.165) is 55.4 Å². The molecule has 2 fully saturated rings. The van der Waals surface area contributed by atoms with Gasteiger partial charge in [-0.2, -0.15) is 0 Å². The van der Waals surface area contributed by atoms with E-state index < -0.39 is 0 Å². The van der Waals surface area contributed by atoms with Crippen molar-refractivity contribution in [2.24, 2.45) is 0 Å². The quantitative estimate of drug-likeness (QED) is 0.766. The van der Waals surface area contributed by atoms with Gasteiger partial charge in [-0.05, 0) is 50.2 Å². The van der Waals surface area contributed by atoms with Crippen molar-refractivity contribution in [1.82, 2.24) is 14.9 Å². The molecule has 28 heavy (non-hydrogen) atoms. The van der Waals surface area contributed by atoms with Crippen LogP contribution in [0.5, 0.6) is 0 Å². The lowest BCUT2D eigenvalue weighted by atomic mass is 9.81. The first-order valence-electron chi connectivity index (χ1n) is 10.4. The minimum absolute atomic E-state index is 0.287. The van der Waals surface area contributed by atoms with Crippen LogP contribution in [-0.2, 0) is 4.74 Å². The summed E-state index contributed by atoms with van der Waals surface area (Å²) in [4.78, 5) is 12.2. The van der Waals surface area contributed by atoms with E-state index in [1.54, 1.807) is 11.3 Å². The molecule has 0 amide bonds. The molecule has 3 aliphatic rings. The molecule has 1 saturated carbocycles. The highest BCUT2D eigenvalue weighted by Gasteiger charge is 2.33. The average Bonchev–Trinajstić information content (AvgIpc) is 3.32. The Labute approximate surface area is 176 Å². The van der Waals surface area contributed by atoms with E-state index in [9.17, 15) is 0 Å². The summed E-state index contributed by atoms with van der Waals surface area (Å²) >= 11 is 6.38. The minimum Gasteiger partial charge on any atom is -0.379 e. The number of rotatable bonds is 3. The average molecular weight is 417 g/mol. The summed E-state index contributed by atoms with van der Waals surface area (Å²) in [5, 5.41) is 3.32. The normalized spacial score (nSPS) is 28.5. The zero-order valence-electron chi connectivity index (χ0n) is 16.4. The van der Waals surface area contributed by atoms with Crippen molar-refractivity contribution in [3.63, 3.8) is 0 Å². The number of fused-ring (bicyclic) bond motifs is 1. The van der Waals surface area contributed by atoms with Gasteiger partial charge >= 0.3 is 0 Å². The van der Waals surface area contributed by atoms with Crippen molar-refractivity contribution in [2.45, 2.75) is 50.5 Å². The number of pyridine rings is 1. The molecular formula is C21H28N4OS2. The van der Waals surface area contributed by atoms with Crippen LogP contribution in [0.15, 0.2) is 17.6 Å². The maximum Gasteiger partial charge on any atom is 0.142 e. The summed E-state index contributed by atoms with van der Waals surface area (Å²) in [5.41, 5.74) is 3.86. The first-order chi connectivity index (χ1) is 13.7. The molecule has 4 heterocycles. The monoisotopic (exact) mass is 416 g/mol. The Balaban J connectivity index is 1.32. The highest BCUT2D eigenvalue weighted by molar-refractivity contribution is 7.81. The van der Waals surface area contributed by atoms with Gasteiger partial charge in [-0.15, -0.1) is 11.3 Å². The first kappa shape index (κ1) is 18.9. The minimum atomic E-state index is 0.287. The Kier molecular flexibility index (Phi) is 5.34. The fraction of sp³-hybridized carbons (Fsp3) is 0.619. The van der Waals surface area contributed by atoms with E-state index in [4.69, 9.17) is 14.7 Å². The van der Waals surface area contributed by atoms with Gasteiger partial charge < -0.3 is 9.04 Å². The molecular weight excluding hydrogens is 388 g/mol.